The third-order valence-electron chi connectivity index (χ3n) is 3.42. The van der Waals surface area contributed by atoms with Gasteiger partial charge in [0, 0.05) is 12.2 Å². The van der Waals surface area contributed by atoms with Crippen LogP contribution in [0, 0.1) is 6.92 Å². The number of alkyl halides is 2. The Labute approximate surface area is 168 Å². The summed E-state index contributed by atoms with van der Waals surface area (Å²) >= 11 is 0. The molecular weight excluding hydrogens is 455 g/mol. The molecule has 0 aliphatic carbocycles. The molecule has 0 unspecified atom stereocenters. The van der Waals surface area contributed by atoms with Gasteiger partial charge in [-0.25, -0.2) is 0 Å². The van der Waals surface area contributed by atoms with Crippen molar-refractivity contribution in [2.45, 2.75) is 20.0 Å². The highest BCUT2D eigenvalue weighted by atomic mass is 127. The number of ether oxygens (including phenoxy) is 2. The lowest BCUT2D eigenvalue weighted by Gasteiger charge is -2.11. The number of nitrogens with one attached hydrogen (secondary N) is 1. The van der Waals surface area contributed by atoms with E-state index < -0.39 is 6.61 Å². The van der Waals surface area contributed by atoms with E-state index in [0.29, 0.717) is 18.9 Å². The zero-order valence-corrected chi connectivity index (χ0v) is 16.9. The lowest BCUT2D eigenvalue weighted by atomic mass is 10.1. The van der Waals surface area contributed by atoms with Gasteiger partial charge in [0.25, 0.3) is 0 Å². The number of hydrogen-bond donors (Lipinski definition) is 2. The van der Waals surface area contributed by atoms with E-state index in [-0.39, 0.29) is 35.5 Å². The van der Waals surface area contributed by atoms with Gasteiger partial charge in [-0.3, -0.25) is 4.99 Å². The average Bonchev–Trinajstić information content (AvgIpc) is 2.54. The number of halogens is 3. The van der Waals surface area contributed by atoms with E-state index in [1.54, 1.807) is 12.1 Å². The number of nitrogens with zero attached hydrogens (tertiary/aromatic N) is 1. The lowest BCUT2D eigenvalue weighted by Crippen LogP contribution is -2.23. The van der Waals surface area contributed by atoms with Crippen molar-refractivity contribution < 1.29 is 18.3 Å². The lowest BCUT2D eigenvalue weighted by molar-refractivity contribution is -0.0512. The molecule has 2 rings (SSSR count). The molecule has 5 nitrogen and oxygen atoms in total. The Kier molecular flexibility index (Phi) is 9.11. The first kappa shape index (κ1) is 21.9. The molecular formula is C18H22F2IN3O2. The highest BCUT2D eigenvalue weighted by molar-refractivity contribution is 14.0. The molecule has 2 aromatic carbocycles. The summed E-state index contributed by atoms with van der Waals surface area (Å²) in [4.78, 5) is 4.24. The fourth-order valence-electron chi connectivity index (χ4n) is 2.28. The Balaban J connectivity index is 0.00000338. The van der Waals surface area contributed by atoms with Crippen LogP contribution in [0.15, 0.2) is 47.5 Å². The molecule has 0 bridgehead atoms. The normalized spacial score (nSPS) is 11.0. The average molecular weight is 477 g/mol. The van der Waals surface area contributed by atoms with Crippen LogP contribution in [-0.4, -0.2) is 26.2 Å². The molecule has 0 aliphatic heterocycles. The molecule has 3 N–H and O–H groups in total. The second kappa shape index (κ2) is 10.8. The van der Waals surface area contributed by atoms with Crippen molar-refractivity contribution in [2.75, 3.05) is 19.0 Å². The number of benzene rings is 2. The first-order valence-corrected chi connectivity index (χ1v) is 7.73. The topological polar surface area (TPSA) is 68.9 Å². The molecule has 0 radical (unpaired) electrons. The number of nitrogens with two attached hydrogens (primary N) is 1. The van der Waals surface area contributed by atoms with Gasteiger partial charge in [-0.1, -0.05) is 18.2 Å². The molecule has 0 fully saturated rings. The van der Waals surface area contributed by atoms with Crippen LogP contribution in [-0.2, 0) is 6.42 Å². The second-order valence-electron chi connectivity index (χ2n) is 5.38. The fraction of sp³-hybridized carbons (Fsp3) is 0.278. The van der Waals surface area contributed by atoms with E-state index >= 15 is 0 Å². The molecule has 8 heteroatoms. The van der Waals surface area contributed by atoms with Crippen molar-refractivity contribution in [1.29, 1.82) is 0 Å². The minimum absolute atomic E-state index is 0. The van der Waals surface area contributed by atoms with Gasteiger partial charge < -0.3 is 20.5 Å². The standard InChI is InChI=1S/C18H21F2N3O2.HI/c1-12-4-3-5-14(10-12)23-18(21)22-9-8-13-6-7-15(24-2)16(11-13)25-17(19)20;/h3-7,10-11,17H,8-9H2,1-2H3,(H3,21,22,23);1H. The molecule has 0 saturated carbocycles. The van der Waals surface area contributed by atoms with E-state index in [4.69, 9.17) is 10.5 Å². The van der Waals surface area contributed by atoms with Gasteiger partial charge in [0.05, 0.1) is 7.11 Å². The van der Waals surface area contributed by atoms with E-state index in [0.717, 1.165) is 16.8 Å². The van der Waals surface area contributed by atoms with Gasteiger partial charge >= 0.3 is 6.61 Å². The summed E-state index contributed by atoms with van der Waals surface area (Å²) < 4.78 is 34.3. The molecule has 0 saturated heterocycles. The predicted molar refractivity (Wildman–Crippen MR) is 110 cm³/mol. The third kappa shape index (κ3) is 7.03. The van der Waals surface area contributed by atoms with Crippen molar-refractivity contribution in [3.05, 3.63) is 53.6 Å². The predicted octanol–water partition coefficient (Wildman–Crippen LogP) is 4.19. The smallest absolute Gasteiger partial charge is 0.387 e. The maximum atomic E-state index is 12.4. The zero-order chi connectivity index (χ0) is 18.2. The first-order chi connectivity index (χ1) is 12.0. The maximum Gasteiger partial charge on any atom is 0.387 e. The minimum Gasteiger partial charge on any atom is -0.493 e. The van der Waals surface area contributed by atoms with E-state index in [9.17, 15) is 8.78 Å². The van der Waals surface area contributed by atoms with Gasteiger partial charge in [-0.2, -0.15) is 8.78 Å². The second-order valence-corrected chi connectivity index (χ2v) is 5.38. The van der Waals surface area contributed by atoms with Crippen molar-refractivity contribution in [1.82, 2.24) is 0 Å². The Hall–Kier alpha value is -2.10. The van der Waals surface area contributed by atoms with Crippen LogP contribution in [0.1, 0.15) is 11.1 Å². The van der Waals surface area contributed by atoms with Crippen LogP contribution >= 0.6 is 24.0 Å². The van der Waals surface area contributed by atoms with E-state index in [1.165, 1.54) is 13.2 Å². The summed E-state index contributed by atoms with van der Waals surface area (Å²) in [6.07, 6.45) is 0.528. The molecule has 0 amide bonds. The minimum atomic E-state index is -2.91. The highest BCUT2D eigenvalue weighted by Gasteiger charge is 2.11. The maximum absolute atomic E-state index is 12.4. The molecule has 26 heavy (non-hydrogen) atoms. The van der Waals surface area contributed by atoms with E-state index in [1.807, 2.05) is 31.2 Å². The summed E-state index contributed by atoms with van der Waals surface area (Å²) in [7, 11) is 1.40. The van der Waals surface area contributed by atoms with Gasteiger partial charge in [0.2, 0.25) is 0 Å². The summed E-state index contributed by atoms with van der Waals surface area (Å²) in [5.74, 6) is 0.557. The number of hydrogen-bond acceptors (Lipinski definition) is 3. The van der Waals surface area contributed by atoms with Crippen molar-refractivity contribution in [2.24, 2.45) is 10.7 Å². The Morgan fingerprint density at radius 2 is 1.96 bits per heavy atom. The molecule has 0 atom stereocenters. The van der Waals surface area contributed by atoms with Crippen molar-refractivity contribution in [3.8, 4) is 11.5 Å². The fourth-order valence-corrected chi connectivity index (χ4v) is 2.28. The van der Waals surface area contributed by atoms with Crippen molar-refractivity contribution in [3.63, 3.8) is 0 Å². The van der Waals surface area contributed by atoms with Crippen LogP contribution in [0.2, 0.25) is 0 Å². The number of aryl methyl sites for hydroxylation is 1. The van der Waals surface area contributed by atoms with Crippen LogP contribution in [0.25, 0.3) is 0 Å². The third-order valence-corrected chi connectivity index (χ3v) is 3.42. The summed E-state index contributed by atoms with van der Waals surface area (Å²) in [6, 6.07) is 12.6. The molecule has 142 valence electrons. The summed E-state index contributed by atoms with van der Waals surface area (Å²) in [6.45, 7) is -0.511. The van der Waals surface area contributed by atoms with Crippen LogP contribution in [0.3, 0.4) is 0 Å². The Morgan fingerprint density at radius 3 is 2.62 bits per heavy atom. The quantitative estimate of drug-likeness (QED) is 0.357. The summed E-state index contributed by atoms with van der Waals surface area (Å²) in [5, 5.41) is 3.01. The van der Waals surface area contributed by atoms with Crippen LogP contribution < -0.4 is 20.5 Å². The van der Waals surface area contributed by atoms with Crippen LogP contribution in [0.4, 0.5) is 14.5 Å². The SMILES string of the molecule is COc1ccc(CCN=C(N)Nc2cccc(C)c2)cc1OC(F)F.I. The van der Waals surface area contributed by atoms with Gasteiger partial charge in [0.15, 0.2) is 17.5 Å². The largest absolute Gasteiger partial charge is 0.493 e. The van der Waals surface area contributed by atoms with Gasteiger partial charge in [-0.05, 0) is 48.7 Å². The Morgan fingerprint density at radius 1 is 1.19 bits per heavy atom. The van der Waals surface area contributed by atoms with E-state index in [2.05, 4.69) is 15.0 Å². The summed E-state index contributed by atoms with van der Waals surface area (Å²) in [5.41, 5.74) is 8.62. The molecule has 0 aromatic heterocycles. The number of guanidine groups is 1. The number of methoxy groups -OCH3 is 1. The van der Waals surface area contributed by atoms with Crippen molar-refractivity contribution >= 4 is 35.6 Å². The molecule has 0 aliphatic rings. The Bertz CT molecular complexity index is 742. The highest BCUT2D eigenvalue weighted by Crippen LogP contribution is 2.29. The molecule has 2 aromatic rings. The first-order valence-electron chi connectivity index (χ1n) is 7.73. The van der Waals surface area contributed by atoms with Crippen LogP contribution in [0.5, 0.6) is 11.5 Å². The number of rotatable bonds is 7. The van der Waals surface area contributed by atoms with Gasteiger partial charge in [0.1, 0.15) is 0 Å². The number of anilines is 1. The monoisotopic (exact) mass is 477 g/mol. The number of aliphatic imine (C=N–C) groups is 1. The molecule has 0 heterocycles. The zero-order valence-electron chi connectivity index (χ0n) is 14.5. The molecule has 0 spiro atoms. The van der Waals surface area contributed by atoms with Gasteiger partial charge in [-0.15, -0.1) is 24.0 Å².